The lowest BCUT2D eigenvalue weighted by atomic mass is 10.1. The summed E-state index contributed by atoms with van der Waals surface area (Å²) in [7, 11) is 1.58. The number of hydrogen-bond acceptors (Lipinski definition) is 4. The van der Waals surface area contributed by atoms with Gasteiger partial charge in [-0.15, -0.1) is 0 Å². The van der Waals surface area contributed by atoms with Crippen LogP contribution in [-0.2, 0) is 16.0 Å². The third-order valence-corrected chi connectivity index (χ3v) is 2.97. The standard InChI is InChI=1S/C13H20N2O4/c1-4-5-10(19-3)12-14-8(2)9(13(18)15-12)6-7-11(16)17/h10H,4-7H2,1-3H3,(H,16,17)(H,14,15,18). The predicted octanol–water partition coefficient (Wildman–Crippen LogP) is 1.58. The van der Waals surface area contributed by atoms with E-state index in [-0.39, 0.29) is 24.5 Å². The highest BCUT2D eigenvalue weighted by Gasteiger charge is 2.16. The summed E-state index contributed by atoms with van der Waals surface area (Å²) in [5, 5.41) is 8.65. The summed E-state index contributed by atoms with van der Waals surface area (Å²) in [5.74, 6) is -0.422. The summed E-state index contributed by atoms with van der Waals surface area (Å²) in [6.07, 6.45) is 1.57. The van der Waals surface area contributed by atoms with Gasteiger partial charge in [-0.1, -0.05) is 13.3 Å². The molecule has 0 saturated heterocycles. The molecule has 1 aromatic rings. The Morgan fingerprint density at radius 1 is 1.53 bits per heavy atom. The third kappa shape index (κ3) is 4.17. The highest BCUT2D eigenvalue weighted by Crippen LogP contribution is 2.18. The van der Waals surface area contributed by atoms with Gasteiger partial charge in [0.1, 0.15) is 11.9 Å². The molecule has 6 heteroatoms. The maximum atomic E-state index is 12.0. The molecule has 1 unspecified atom stereocenters. The minimum Gasteiger partial charge on any atom is -0.481 e. The molecule has 0 amide bonds. The summed E-state index contributed by atoms with van der Waals surface area (Å²) >= 11 is 0. The van der Waals surface area contributed by atoms with Gasteiger partial charge in [0.05, 0.1) is 0 Å². The Labute approximate surface area is 111 Å². The van der Waals surface area contributed by atoms with E-state index < -0.39 is 5.97 Å². The van der Waals surface area contributed by atoms with Crippen molar-refractivity contribution in [3.8, 4) is 0 Å². The van der Waals surface area contributed by atoms with Crippen LogP contribution in [0.2, 0.25) is 0 Å². The first-order valence-electron chi connectivity index (χ1n) is 6.33. The molecule has 0 spiro atoms. The van der Waals surface area contributed by atoms with Crippen molar-refractivity contribution >= 4 is 5.97 Å². The van der Waals surface area contributed by atoms with Crippen molar-refractivity contribution in [2.45, 2.75) is 45.6 Å². The zero-order chi connectivity index (χ0) is 14.4. The third-order valence-electron chi connectivity index (χ3n) is 2.97. The molecule has 2 N–H and O–H groups in total. The van der Waals surface area contributed by atoms with Gasteiger partial charge in [0.15, 0.2) is 0 Å². The largest absolute Gasteiger partial charge is 0.481 e. The van der Waals surface area contributed by atoms with Gasteiger partial charge in [0.2, 0.25) is 0 Å². The SMILES string of the molecule is CCCC(OC)c1nc(C)c(CCC(=O)O)c(=O)[nH]1. The fraction of sp³-hybridized carbons (Fsp3) is 0.615. The van der Waals surface area contributed by atoms with Crippen LogP contribution in [0.3, 0.4) is 0 Å². The first-order valence-corrected chi connectivity index (χ1v) is 6.33. The van der Waals surface area contributed by atoms with E-state index in [1.54, 1.807) is 14.0 Å². The average Bonchev–Trinajstić information content (AvgIpc) is 2.34. The molecule has 0 aromatic carbocycles. The van der Waals surface area contributed by atoms with E-state index in [2.05, 4.69) is 9.97 Å². The van der Waals surface area contributed by atoms with Crippen molar-refractivity contribution in [1.82, 2.24) is 9.97 Å². The highest BCUT2D eigenvalue weighted by molar-refractivity contribution is 5.67. The van der Waals surface area contributed by atoms with E-state index in [0.29, 0.717) is 17.1 Å². The van der Waals surface area contributed by atoms with Crippen LogP contribution < -0.4 is 5.56 Å². The van der Waals surface area contributed by atoms with Crippen molar-refractivity contribution < 1.29 is 14.6 Å². The number of H-pyrrole nitrogens is 1. The number of nitrogens with one attached hydrogen (secondary N) is 1. The van der Waals surface area contributed by atoms with Crippen molar-refractivity contribution in [1.29, 1.82) is 0 Å². The fourth-order valence-corrected chi connectivity index (χ4v) is 1.94. The summed E-state index contributed by atoms with van der Waals surface area (Å²) in [6.45, 7) is 3.74. The van der Waals surface area contributed by atoms with E-state index >= 15 is 0 Å². The number of aromatic nitrogens is 2. The van der Waals surface area contributed by atoms with Gasteiger partial charge in [0.25, 0.3) is 5.56 Å². The van der Waals surface area contributed by atoms with Gasteiger partial charge in [-0.05, 0) is 19.8 Å². The van der Waals surface area contributed by atoms with Crippen molar-refractivity contribution in [2.24, 2.45) is 0 Å². The van der Waals surface area contributed by atoms with Crippen LogP contribution in [0.1, 0.15) is 49.4 Å². The van der Waals surface area contributed by atoms with E-state index in [1.807, 2.05) is 6.92 Å². The molecule has 1 aromatic heterocycles. The zero-order valence-electron chi connectivity index (χ0n) is 11.5. The molecule has 0 radical (unpaired) electrons. The number of nitrogens with zero attached hydrogens (tertiary/aromatic N) is 1. The van der Waals surface area contributed by atoms with Gasteiger partial charge in [-0.3, -0.25) is 9.59 Å². The molecule has 19 heavy (non-hydrogen) atoms. The molecule has 0 fully saturated rings. The van der Waals surface area contributed by atoms with Crippen molar-refractivity contribution in [3.63, 3.8) is 0 Å². The van der Waals surface area contributed by atoms with Gasteiger partial charge in [-0.25, -0.2) is 4.98 Å². The van der Waals surface area contributed by atoms with E-state index in [0.717, 1.165) is 12.8 Å². The van der Waals surface area contributed by atoms with Gasteiger partial charge in [-0.2, -0.15) is 0 Å². The number of carbonyl (C=O) groups is 1. The Morgan fingerprint density at radius 3 is 2.68 bits per heavy atom. The summed E-state index contributed by atoms with van der Waals surface area (Å²) < 4.78 is 5.30. The van der Waals surface area contributed by atoms with Gasteiger partial charge >= 0.3 is 5.97 Å². The molecule has 0 saturated carbocycles. The van der Waals surface area contributed by atoms with Crippen LogP contribution in [-0.4, -0.2) is 28.2 Å². The van der Waals surface area contributed by atoms with Gasteiger partial charge < -0.3 is 14.8 Å². The summed E-state index contributed by atoms with van der Waals surface area (Å²) in [4.78, 5) is 29.5. The van der Waals surface area contributed by atoms with Crippen molar-refractivity contribution in [3.05, 3.63) is 27.4 Å². The average molecular weight is 268 g/mol. The molecule has 1 atom stereocenters. The molecule has 0 aliphatic carbocycles. The normalized spacial score (nSPS) is 12.4. The molecule has 1 rings (SSSR count). The number of ether oxygens (including phenoxy) is 1. The minimum absolute atomic E-state index is 0.0758. The number of carboxylic acid groups (broad SMARTS) is 1. The smallest absolute Gasteiger partial charge is 0.303 e. The van der Waals surface area contributed by atoms with Crippen LogP contribution in [0.4, 0.5) is 0 Å². The molecule has 0 aliphatic rings. The van der Waals surface area contributed by atoms with Crippen LogP contribution in [0, 0.1) is 6.92 Å². The second kappa shape index (κ2) is 7.04. The molecule has 1 heterocycles. The van der Waals surface area contributed by atoms with E-state index in [4.69, 9.17) is 9.84 Å². The first kappa shape index (κ1) is 15.4. The Kier molecular flexibility index (Phi) is 5.69. The van der Waals surface area contributed by atoms with Crippen LogP contribution >= 0.6 is 0 Å². The number of carboxylic acids is 1. The van der Waals surface area contributed by atoms with Gasteiger partial charge in [0, 0.05) is 24.8 Å². The number of aliphatic carboxylic acids is 1. The molecule has 106 valence electrons. The predicted molar refractivity (Wildman–Crippen MR) is 70.2 cm³/mol. The topological polar surface area (TPSA) is 92.3 Å². The molecular formula is C13H20N2O4. The number of rotatable bonds is 7. The van der Waals surface area contributed by atoms with E-state index in [1.165, 1.54) is 0 Å². The summed E-state index contributed by atoms with van der Waals surface area (Å²) in [5.41, 5.74) is 0.720. The lowest BCUT2D eigenvalue weighted by Crippen LogP contribution is -2.22. The Hall–Kier alpha value is -1.69. The van der Waals surface area contributed by atoms with Crippen LogP contribution in [0.15, 0.2) is 4.79 Å². The lowest BCUT2D eigenvalue weighted by molar-refractivity contribution is -0.136. The minimum atomic E-state index is -0.927. The highest BCUT2D eigenvalue weighted by atomic mass is 16.5. The van der Waals surface area contributed by atoms with Crippen LogP contribution in [0.25, 0.3) is 0 Å². The number of methoxy groups -OCH3 is 1. The van der Waals surface area contributed by atoms with Crippen molar-refractivity contribution in [2.75, 3.05) is 7.11 Å². The fourth-order valence-electron chi connectivity index (χ4n) is 1.94. The lowest BCUT2D eigenvalue weighted by Gasteiger charge is -2.14. The van der Waals surface area contributed by atoms with Crippen LogP contribution in [0.5, 0.6) is 0 Å². The number of hydrogen-bond donors (Lipinski definition) is 2. The monoisotopic (exact) mass is 268 g/mol. The maximum Gasteiger partial charge on any atom is 0.303 e. The molecule has 0 bridgehead atoms. The Bertz CT molecular complexity index is 496. The second-order valence-corrected chi connectivity index (χ2v) is 4.42. The summed E-state index contributed by atoms with van der Waals surface area (Å²) in [6, 6.07) is 0. The van der Waals surface area contributed by atoms with E-state index in [9.17, 15) is 9.59 Å². The second-order valence-electron chi connectivity index (χ2n) is 4.42. The number of aryl methyl sites for hydroxylation is 1. The first-order chi connectivity index (χ1) is 8.99. The molecular weight excluding hydrogens is 248 g/mol. The Morgan fingerprint density at radius 2 is 2.21 bits per heavy atom. The molecule has 0 aliphatic heterocycles. The number of aromatic amines is 1. The zero-order valence-corrected chi connectivity index (χ0v) is 11.5. The quantitative estimate of drug-likeness (QED) is 0.783. The Balaban J connectivity index is 3.02. The molecule has 6 nitrogen and oxygen atoms in total. The maximum absolute atomic E-state index is 12.0.